The van der Waals surface area contributed by atoms with Gasteiger partial charge >= 0.3 is 0 Å². The first kappa shape index (κ1) is 16.6. The van der Waals surface area contributed by atoms with Gasteiger partial charge in [-0.05, 0) is 62.9 Å². The fraction of sp³-hybridized carbons (Fsp3) is 0.562. The summed E-state index contributed by atoms with van der Waals surface area (Å²) in [5.74, 6) is 0.486. The minimum atomic E-state index is 0. The maximum absolute atomic E-state index is 12.8. The van der Waals surface area contributed by atoms with E-state index in [1.807, 2.05) is 36.1 Å². The molecule has 1 amide bonds. The van der Waals surface area contributed by atoms with Gasteiger partial charge in [0.1, 0.15) is 0 Å². The molecule has 3 rings (SSSR count). The number of nitrogens with zero attached hydrogens (tertiary/aromatic N) is 1. The second-order valence-corrected chi connectivity index (χ2v) is 6.37. The largest absolute Gasteiger partial charge is 0.317 e. The predicted octanol–water partition coefficient (Wildman–Crippen LogP) is 3.50. The van der Waals surface area contributed by atoms with E-state index in [4.69, 9.17) is 11.6 Å². The van der Waals surface area contributed by atoms with E-state index in [2.05, 4.69) is 5.32 Å². The standard InChI is InChI=1S/C16H21ClN2O.ClH/c1-2-19(13-5-3-4-12(17)10-13)15(20)14-11-16(14)6-8-18-9-7-16;/h3-5,10,14,18H,2,6-9,11H2,1H3;1H. The minimum Gasteiger partial charge on any atom is -0.317 e. The van der Waals surface area contributed by atoms with Gasteiger partial charge in [-0.2, -0.15) is 0 Å². The van der Waals surface area contributed by atoms with Gasteiger partial charge in [0.15, 0.2) is 0 Å². The van der Waals surface area contributed by atoms with Crippen LogP contribution in [0.4, 0.5) is 5.69 Å². The normalized spacial score (nSPS) is 22.5. The quantitative estimate of drug-likeness (QED) is 0.920. The van der Waals surface area contributed by atoms with E-state index in [9.17, 15) is 4.79 Å². The summed E-state index contributed by atoms with van der Waals surface area (Å²) >= 11 is 6.04. The summed E-state index contributed by atoms with van der Waals surface area (Å²) in [6, 6.07) is 7.58. The van der Waals surface area contributed by atoms with Gasteiger partial charge in [-0.25, -0.2) is 0 Å². The van der Waals surface area contributed by atoms with Gasteiger partial charge in [-0.1, -0.05) is 17.7 Å². The molecule has 1 saturated carbocycles. The number of carbonyl (C=O) groups excluding carboxylic acids is 1. The van der Waals surface area contributed by atoms with E-state index in [1.165, 1.54) is 0 Å². The molecule has 1 aromatic carbocycles. The molecule has 0 aromatic heterocycles. The molecule has 116 valence electrons. The van der Waals surface area contributed by atoms with Gasteiger partial charge in [-0.3, -0.25) is 4.79 Å². The van der Waals surface area contributed by atoms with Crippen molar-refractivity contribution in [3.8, 4) is 0 Å². The summed E-state index contributed by atoms with van der Waals surface area (Å²) in [7, 11) is 0. The molecular formula is C16H22Cl2N2O. The van der Waals surface area contributed by atoms with Crippen molar-refractivity contribution in [3.05, 3.63) is 29.3 Å². The Morgan fingerprint density at radius 2 is 2.14 bits per heavy atom. The van der Waals surface area contributed by atoms with Crippen molar-refractivity contribution in [1.29, 1.82) is 0 Å². The van der Waals surface area contributed by atoms with E-state index in [0.29, 0.717) is 11.6 Å². The Bertz CT molecular complexity index is 515. The Morgan fingerprint density at radius 1 is 1.43 bits per heavy atom. The Balaban J connectivity index is 0.00000161. The summed E-state index contributed by atoms with van der Waals surface area (Å²) in [6.45, 7) is 4.82. The number of halogens is 2. The van der Waals surface area contributed by atoms with Crippen LogP contribution in [0.1, 0.15) is 26.2 Å². The van der Waals surface area contributed by atoms with Crippen molar-refractivity contribution in [2.24, 2.45) is 11.3 Å². The number of carbonyl (C=O) groups is 1. The van der Waals surface area contributed by atoms with Gasteiger partial charge in [-0.15, -0.1) is 12.4 Å². The highest BCUT2D eigenvalue weighted by Crippen LogP contribution is 2.59. The van der Waals surface area contributed by atoms with Crippen LogP contribution in [-0.2, 0) is 4.79 Å². The zero-order valence-corrected chi connectivity index (χ0v) is 13.8. The summed E-state index contributed by atoms with van der Waals surface area (Å²) in [5, 5.41) is 4.06. The highest BCUT2D eigenvalue weighted by molar-refractivity contribution is 6.30. The molecule has 0 bridgehead atoms. The predicted molar refractivity (Wildman–Crippen MR) is 89.4 cm³/mol. The fourth-order valence-corrected chi connectivity index (χ4v) is 3.66. The molecule has 1 unspecified atom stereocenters. The van der Waals surface area contributed by atoms with Crippen molar-refractivity contribution in [2.45, 2.75) is 26.2 Å². The van der Waals surface area contributed by atoms with Crippen molar-refractivity contribution >= 4 is 35.6 Å². The van der Waals surface area contributed by atoms with Crippen molar-refractivity contribution in [3.63, 3.8) is 0 Å². The molecule has 2 aliphatic rings. The van der Waals surface area contributed by atoms with E-state index in [-0.39, 0.29) is 29.6 Å². The summed E-state index contributed by atoms with van der Waals surface area (Å²) < 4.78 is 0. The third kappa shape index (κ3) is 3.20. The van der Waals surface area contributed by atoms with Crippen LogP contribution in [0.5, 0.6) is 0 Å². The number of rotatable bonds is 3. The second kappa shape index (κ2) is 6.55. The van der Waals surface area contributed by atoms with Crippen LogP contribution in [0.2, 0.25) is 5.02 Å². The molecule has 3 nitrogen and oxygen atoms in total. The van der Waals surface area contributed by atoms with Crippen LogP contribution < -0.4 is 10.2 Å². The Morgan fingerprint density at radius 3 is 2.76 bits per heavy atom. The lowest BCUT2D eigenvalue weighted by Gasteiger charge is -2.26. The third-order valence-electron chi connectivity index (χ3n) is 4.79. The number of benzene rings is 1. The zero-order valence-electron chi connectivity index (χ0n) is 12.3. The van der Waals surface area contributed by atoms with E-state index < -0.39 is 0 Å². The summed E-state index contributed by atoms with van der Waals surface area (Å²) in [4.78, 5) is 14.7. The molecule has 1 aromatic rings. The molecule has 1 N–H and O–H groups in total. The third-order valence-corrected chi connectivity index (χ3v) is 5.02. The summed E-state index contributed by atoms with van der Waals surface area (Å²) in [6.07, 6.45) is 3.33. The molecule has 1 aliphatic heterocycles. The number of hydrogen-bond acceptors (Lipinski definition) is 2. The highest BCUT2D eigenvalue weighted by Gasteiger charge is 2.58. The fourth-order valence-electron chi connectivity index (χ4n) is 3.47. The van der Waals surface area contributed by atoms with Gasteiger partial charge in [0.25, 0.3) is 0 Å². The smallest absolute Gasteiger partial charge is 0.230 e. The maximum Gasteiger partial charge on any atom is 0.230 e. The van der Waals surface area contributed by atoms with Crippen LogP contribution >= 0.6 is 24.0 Å². The number of nitrogens with one attached hydrogen (secondary N) is 1. The first-order valence-electron chi connectivity index (χ1n) is 7.44. The molecule has 1 atom stereocenters. The molecule has 1 saturated heterocycles. The molecular weight excluding hydrogens is 307 g/mol. The van der Waals surface area contributed by atoms with E-state index >= 15 is 0 Å². The lowest BCUT2D eigenvalue weighted by molar-refractivity contribution is -0.120. The topological polar surface area (TPSA) is 32.3 Å². The molecule has 1 aliphatic carbocycles. The average Bonchev–Trinajstić information content (AvgIpc) is 3.14. The number of piperidine rings is 1. The summed E-state index contributed by atoms with van der Waals surface area (Å²) in [5.41, 5.74) is 1.20. The van der Waals surface area contributed by atoms with Crippen LogP contribution in [0.25, 0.3) is 0 Å². The van der Waals surface area contributed by atoms with Gasteiger partial charge in [0, 0.05) is 23.2 Å². The van der Waals surface area contributed by atoms with Crippen molar-refractivity contribution in [1.82, 2.24) is 5.32 Å². The molecule has 2 fully saturated rings. The SMILES string of the molecule is CCN(C(=O)C1CC12CCNCC2)c1cccc(Cl)c1.Cl. The van der Waals surface area contributed by atoms with E-state index in [1.54, 1.807) is 0 Å². The number of anilines is 1. The van der Waals surface area contributed by atoms with E-state index in [0.717, 1.165) is 38.0 Å². The van der Waals surface area contributed by atoms with Crippen LogP contribution in [0, 0.1) is 11.3 Å². The molecule has 5 heteroatoms. The lowest BCUT2D eigenvalue weighted by atomic mass is 9.91. The van der Waals surface area contributed by atoms with Crippen LogP contribution in [-0.4, -0.2) is 25.5 Å². The zero-order chi connectivity index (χ0) is 14.2. The average molecular weight is 329 g/mol. The second-order valence-electron chi connectivity index (χ2n) is 5.93. The lowest BCUT2D eigenvalue weighted by Crippen LogP contribution is -2.36. The maximum atomic E-state index is 12.8. The highest BCUT2D eigenvalue weighted by atomic mass is 35.5. The van der Waals surface area contributed by atoms with Crippen LogP contribution in [0.15, 0.2) is 24.3 Å². The van der Waals surface area contributed by atoms with Gasteiger partial charge < -0.3 is 10.2 Å². The molecule has 21 heavy (non-hydrogen) atoms. The van der Waals surface area contributed by atoms with Gasteiger partial charge in [0.05, 0.1) is 0 Å². The van der Waals surface area contributed by atoms with Crippen LogP contribution in [0.3, 0.4) is 0 Å². The number of hydrogen-bond donors (Lipinski definition) is 1. The Hall–Kier alpha value is -0.770. The Labute approximate surface area is 137 Å². The van der Waals surface area contributed by atoms with Crippen molar-refractivity contribution in [2.75, 3.05) is 24.5 Å². The first-order valence-corrected chi connectivity index (χ1v) is 7.82. The minimum absolute atomic E-state index is 0. The van der Waals surface area contributed by atoms with Gasteiger partial charge in [0.2, 0.25) is 5.91 Å². The molecule has 1 heterocycles. The molecule has 0 radical (unpaired) electrons. The Kier molecular flexibility index (Phi) is 5.18. The van der Waals surface area contributed by atoms with Crippen molar-refractivity contribution < 1.29 is 4.79 Å². The number of amides is 1. The monoisotopic (exact) mass is 328 g/mol. The first-order chi connectivity index (χ1) is 9.66. The molecule has 1 spiro atoms.